The minimum absolute atomic E-state index is 0.0367. The summed E-state index contributed by atoms with van der Waals surface area (Å²) in [5, 5.41) is 0. The number of fused-ring (bicyclic) bond motifs is 2. The van der Waals surface area contributed by atoms with Crippen LogP contribution in [0.1, 0.15) is 18.9 Å². The average Bonchev–Trinajstić information content (AvgIpc) is 3.09. The van der Waals surface area contributed by atoms with Gasteiger partial charge >= 0.3 is 5.69 Å². The van der Waals surface area contributed by atoms with Gasteiger partial charge in [-0.05, 0) is 37.1 Å². The monoisotopic (exact) mass is 415 g/mol. The zero-order valence-corrected chi connectivity index (χ0v) is 16.5. The molecular weight excluding hydrogens is 394 g/mol. The van der Waals surface area contributed by atoms with Gasteiger partial charge in [-0.2, -0.15) is 4.31 Å². The van der Waals surface area contributed by atoms with Crippen LogP contribution in [0.15, 0.2) is 52.2 Å². The number of aromatic nitrogens is 2. The number of nitrogens with one attached hydrogen (secondary N) is 1. The Balaban J connectivity index is 1.37. The summed E-state index contributed by atoms with van der Waals surface area (Å²) in [6, 6.07) is 12.2. The largest absolute Gasteiger partial charge is 0.486 e. The number of piperidine rings is 1. The molecule has 1 fully saturated rings. The Labute approximate surface area is 167 Å². The second kappa shape index (κ2) is 6.93. The van der Waals surface area contributed by atoms with Crippen LogP contribution in [-0.4, -0.2) is 48.6 Å². The molecule has 0 radical (unpaired) electrons. The summed E-state index contributed by atoms with van der Waals surface area (Å²) in [4.78, 5) is 15.5. The zero-order valence-electron chi connectivity index (χ0n) is 15.7. The highest BCUT2D eigenvalue weighted by molar-refractivity contribution is 7.89. The number of ether oxygens (including phenoxy) is 2. The SMILES string of the molecule is O=c1[nH]c2ccccc2n1C1CCN(S(=O)(=O)c2ccc3c(c2)OCCO3)CC1. The molecule has 2 aromatic carbocycles. The van der Waals surface area contributed by atoms with Crippen molar-refractivity contribution in [2.75, 3.05) is 26.3 Å². The number of hydrogen-bond donors (Lipinski definition) is 1. The molecule has 29 heavy (non-hydrogen) atoms. The van der Waals surface area contributed by atoms with Crippen LogP contribution >= 0.6 is 0 Å². The molecule has 8 nitrogen and oxygen atoms in total. The molecule has 2 aliphatic heterocycles. The summed E-state index contributed by atoms with van der Waals surface area (Å²) in [6.07, 6.45) is 1.15. The van der Waals surface area contributed by atoms with Crippen LogP contribution in [0.4, 0.5) is 0 Å². The predicted octanol–water partition coefficient (Wildman–Crippen LogP) is 2.13. The van der Waals surface area contributed by atoms with Gasteiger partial charge in [0, 0.05) is 25.2 Å². The number of sulfonamides is 1. The summed E-state index contributed by atoms with van der Waals surface area (Å²) in [7, 11) is -3.64. The Morgan fingerprint density at radius 2 is 1.69 bits per heavy atom. The van der Waals surface area contributed by atoms with Crippen molar-refractivity contribution in [2.24, 2.45) is 0 Å². The van der Waals surface area contributed by atoms with E-state index in [-0.39, 0.29) is 16.6 Å². The molecule has 0 amide bonds. The van der Waals surface area contributed by atoms with Gasteiger partial charge in [0.05, 0.1) is 15.9 Å². The third-order valence-electron chi connectivity index (χ3n) is 5.56. The fourth-order valence-electron chi connectivity index (χ4n) is 4.11. The fourth-order valence-corrected chi connectivity index (χ4v) is 5.60. The third-order valence-corrected chi connectivity index (χ3v) is 7.46. The maximum atomic E-state index is 13.1. The molecule has 9 heteroatoms. The molecule has 0 aliphatic carbocycles. The Kier molecular flexibility index (Phi) is 4.36. The van der Waals surface area contributed by atoms with Crippen LogP contribution in [0.5, 0.6) is 11.5 Å². The molecule has 3 aromatic rings. The number of nitrogens with zero attached hydrogens (tertiary/aromatic N) is 2. The molecule has 0 bridgehead atoms. The predicted molar refractivity (Wildman–Crippen MR) is 107 cm³/mol. The maximum absolute atomic E-state index is 13.1. The molecule has 0 unspecified atom stereocenters. The van der Waals surface area contributed by atoms with E-state index in [2.05, 4.69) is 4.98 Å². The van der Waals surface area contributed by atoms with Crippen LogP contribution in [0.25, 0.3) is 11.0 Å². The molecule has 3 heterocycles. The van der Waals surface area contributed by atoms with E-state index in [1.807, 2.05) is 24.3 Å². The van der Waals surface area contributed by atoms with Gasteiger partial charge in [0.25, 0.3) is 0 Å². The minimum Gasteiger partial charge on any atom is -0.486 e. The van der Waals surface area contributed by atoms with E-state index in [1.54, 1.807) is 16.7 Å². The number of imidazole rings is 1. The highest BCUT2D eigenvalue weighted by atomic mass is 32.2. The van der Waals surface area contributed by atoms with Crippen molar-refractivity contribution in [3.63, 3.8) is 0 Å². The highest BCUT2D eigenvalue weighted by Crippen LogP contribution is 2.34. The van der Waals surface area contributed by atoms with Gasteiger partial charge < -0.3 is 14.5 Å². The van der Waals surface area contributed by atoms with Gasteiger partial charge in [0.15, 0.2) is 11.5 Å². The van der Waals surface area contributed by atoms with Crippen molar-refractivity contribution in [3.8, 4) is 11.5 Å². The van der Waals surface area contributed by atoms with Gasteiger partial charge in [0.2, 0.25) is 10.0 Å². The van der Waals surface area contributed by atoms with E-state index in [9.17, 15) is 13.2 Å². The third kappa shape index (κ3) is 3.10. The molecular formula is C20H21N3O5S. The molecule has 1 saturated heterocycles. The summed E-state index contributed by atoms with van der Waals surface area (Å²) in [6.45, 7) is 1.57. The molecule has 1 N–H and O–H groups in total. The zero-order chi connectivity index (χ0) is 20.0. The van der Waals surface area contributed by atoms with Gasteiger partial charge in [-0.3, -0.25) is 4.57 Å². The number of hydrogen-bond acceptors (Lipinski definition) is 5. The first kappa shape index (κ1) is 18.3. The summed E-state index contributed by atoms with van der Waals surface area (Å²) < 4.78 is 40.4. The second-order valence-electron chi connectivity index (χ2n) is 7.26. The smallest absolute Gasteiger partial charge is 0.326 e. The first-order valence-corrected chi connectivity index (χ1v) is 11.1. The lowest BCUT2D eigenvalue weighted by Gasteiger charge is -2.32. The molecule has 1 aromatic heterocycles. The normalized spacial score (nSPS) is 18.2. The van der Waals surface area contributed by atoms with Crippen molar-refractivity contribution in [3.05, 3.63) is 52.9 Å². The van der Waals surface area contributed by atoms with Crippen molar-refractivity contribution < 1.29 is 17.9 Å². The molecule has 0 atom stereocenters. The second-order valence-corrected chi connectivity index (χ2v) is 9.20. The van der Waals surface area contributed by atoms with Crippen molar-refractivity contribution in [2.45, 2.75) is 23.8 Å². The first-order valence-electron chi connectivity index (χ1n) is 9.63. The number of benzene rings is 2. The van der Waals surface area contributed by atoms with Crippen LogP contribution in [0, 0.1) is 0 Å². The average molecular weight is 415 g/mol. The summed E-state index contributed by atoms with van der Waals surface area (Å²) in [5.41, 5.74) is 1.49. The maximum Gasteiger partial charge on any atom is 0.326 e. The van der Waals surface area contributed by atoms with Crippen molar-refractivity contribution in [1.82, 2.24) is 13.9 Å². The van der Waals surface area contributed by atoms with E-state index in [0.717, 1.165) is 11.0 Å². The van der Waals surface area contributed by atoms with Crippen molar-refractivity contribution >= 4 is 21.1 Å². The Morgan fingerprint density at radius 3 is 2.48 bits per heavy atom. The number of rotatable bonds is 3. The van der Waals surface area contributed by atoms with E-state index in [4.69, 9.17) is 9.47 Å². The lowest BCUT2D eigenvalue weighted by molar-refractivity contribution is 0.171. The van der Waals surface area contributed by atoms with E-state index in [1.165, 1.54) is 10.4 Å². The van der Waals surface area contributed by atoms with E-state index >= 15 is 0 Å². The molecule has 152 valence electrons. The standard InChI is InChI=1S/C20H21N3O5S/c24-20-21-16-3-1-2-4-17(16)23(20)14-7-9-22(10-8-14)29(25,26)15-5-6-18-19(13-15)28-12-11-27-18/h1-6,13-14H,7-12H2,(H,21,24). The van der Waals surface area contributed by atoms with Crippen LogP contribution in [0.3, 0.4) is 0 Å². The minimum atomic E-state index is -3.64. The number of para-hydroxylation sites is 2. The Morgan fingerprint density at radius 1 is 0.966 bits per heavy atom. The van der Waals surface area contributed by atoms with Gasteiger partial charge in [-0.25, -0.2) is 13.2 Å². The Hall–Kier alpha value is -2.78. The molecule has 2 aliphatic rings. The van der Waals surface area contributed by atoms with Crippen LogP contribution < -0.4 is 15.2 Å². The number of aromatic amines is 1. The molecule has 0 spiro atoms. The van der Waals surface area contributed by atoms with Gasteiger partial charge in [-0.15, -0.1) is 0 Å². The van der Waals surface area contributed by atoms with E-state index in [0.29, 0.717) is 50.6 Å². The Bertz CT molecular complexity index is 1220. The van der Waals surface area contributed by atoms with Crippen LogP contribution in [0.2, 0.25) is 0 Å². The van der Waals surface area contributed by atoms with Crippen molar-refractivity contribution in [1.29, 1.82) is 0 Å². The van der Waals surface area contributed by atoms with Gasteiger partial charge in [-0.1, -0.05) is 12.1 Å². The fraction of sp³-hybridized carbons (Fsp3) is 0.350. The first-order chi connectivity index (χ1) is 14.0. The topological polar surface area (TPSA) is 93.6 Å². The molecule has 5 rings (SSSR count). The lowest BCUT2D eigenvalue weighted by atomic mass is 10.1. The van der Waals surface area contributed by atoms with E-state index < -0.39 is 10.0 Å². The van der Waals surface area contributed by atoms with Gasteiger partial charge in [0.1, 0.15) is 13.2 Å². The lowest BCUT2D eigenvalue weighted by Crippen LogP contribution is -2.40. The number of H-pyrrole nitrogens is 1. The summed E-state index contributed by atoms with van der Waals surface area (Å²) >= 11 is 0. The van der Waals surface area contributed by atoms with Crippen LogP contribution in [-0.2, 0) is 10.0 Å². The quantitative estimate of drug-likeness (QED) is 0.707. The molecule has 0 saturated carbocycles. The summed E-state index contributed by atoms with van der Waals surface area (Å²) in [5.74, 6) is 1.02. The highest BCUT2D eigenvalue weighted by Gasteiger charge is 2.32.